The van der Waals surface area contributed by atoms with Gasteiger partial charge in [0.25, 0.3) is 0 Å². The van der Waals surface area contributed by atoms with Gasteiger partial charge in [0.05, 0.1) is 18.8 Å². The molecular weight excluding hydrogens is 106 g/mol. The first-order valence-electron chi connectivity index (χ1n) is 2.39. The van der Waals surface area contributed by atoms with Gasteiger partial charge in [-0.15, -0.1) is 6.58 Å². The van der Waals surface area contributed by atoms with Crippen molar-refractivity contribution in [1.82, 2.24) is 0 Å². The van der Waals surface area contributed by atoms with Crippen molar-refractivity contribution in [2.45, 2.75) is 12.1 Å². The standard InChI is InChI=1S/C5H11NO2/c1-2-4(6)5(8)3-7/h2,4-5,7-8H,1,3,6H2/t4-,5+/m1/s1. The molecule has 4 N–H and O–H groups in total. The van der Waals surface area contributed by atoms with Gasteiger partial charge in [-0.25, -0.2) is 0 Å². The molecule has 0 aliphatic heterocycles. The van der Waals surface area contributed by atoms with Gasteiger partial charge in [-0.05, 0) is 0 Å². The van der Waals surface area contributed by atoms with E-state index in [1.54, 1.807) is 0 Å². The molecule has 0 heterocycles. The number of nitrogens with two attached hydrogens (primary N) is 1. The summed E-state index contributed by atoms with van der Waals surface area (Å²) in [6.07, 6.45) is 0.522. The van der Waals surface area contributed by atoms with Crippen molar-refractivity contribution < 1.29 is 10.2 Å². The first-order chi connectivity index (χ1) is 3.72. The average molecular weight is 117 g/mol. The summed E-state index contributed by atoms with van der Waals surface area (Å²) in [6, 6.07) is -0.514. The van der Waals surface area contributed by atoms with E-state index in [-0.39, 0.29) is 6.61 Å². The maximum atomic E-state index is 8.68. The summed E-state index contributed by atoms with van der Waals surface area (Å²) in [5, 5.41) is 16.9. The Hall–Kier alpha value is -0.380. The lowest BCUT2D eigenvalue weighted by Gasteiger charge is -2.10. The van der Waals surface area contributed by atoms with Gasteiger partial charge in [-0.1, -0.05) is 6.08 Å². The molecule has 0 fully saturated rings. The summed E-state index contributed by atoms with van der Waals surface area (Å²) in [5.74, 6) is 0. The molecule has 0 aromatic heterocycles. The van der Waals surface area contributed by atoms with Crippen LogP contribution in [0.15, 0.2) is 12.7 Å². The fourth-order valence-electron chi connectivity index (χ4n) is 0.279. The van der Waals surface area contributed by atoms with Crippen LogP contribution in [-0.4, -0.2) is 29.0 Å². The predicted octanol–water partition coefficient (Wildman–Crippen LogP) is -1.15. The summed E-state index contributed by atoms with van der Waals surface area (Å²) >= 11 is 0. The first-order valence-corrected chi connectivity index (χ1v) is 2.39. The average Bonchev–Trinajstić information content (AvgIpc) is 1.84. The molecule has 3 nitrogen and oxygen atoms in total. The predicted molar refractivity (Wildman–Crippen MR) is 31.3 cm³/mol. The Kier molecular flexibility index (Phi) is 3.43. The maximum absolute atomic E-state index is 8.68. The van der Waals surface area contributed by atoms with E-state index >= 15 is 0 Å². The normalized spacial score (nSPS) is 17.4. The minimum absolute atomic E-state index is 0.312. The summed E-state index contributed by atoms with van der Waals surface area (Å²) in [5.41, 5.74) is 5.20. The molecule has 0 aromatic carbocycles. The van der Waals surface area contributed by atoms with E-state index in [9.17, 15) is 0 Å². The molecule has 0 spiro atoms. The van der Waals surface area contributed by atoms with Gasteiger partial charge in [0.15, 0.2) is 0 Å². The van der Waals surface area contributed by atoms with Gasteiger partial charge in [0.2, 0.25) is 0 Å². The highest BCUT2D eigenvalue weighted by Gasteiger charge is 2.07. The van der Waals surface area contributed by atoms with Crippen LogP contribution in [0.4, 0.5) is 0 Å². The summed E-state index contributed by atoms with van der Waals surface area (Å²) < 4.78 is 0. The second kappa shape index (κ2) is 3.60. The Morgan fingerprint density at radius 1 is 1.75 bits per heavy atom. The Morgan fingerprint density at radius 3 is 2.38 bits per heavy atom. The fraction of sp³-hybridized carbons (Fsp3) is 0.600. The molecule has 2 atom stereocenters. The highest BCUT2D eigenvalue weighted by molar-refractivity contribution is 4.87. The Labute approximate surface area is 48.4 Å². The van der Waals surface area contributed by atoms with Crippen LogP contribution in [0, 0.1) is 0 Å². The van der Waals surface area contributed by atoms with Crippen LogP contribution in [0.3, 0.4) is 0 Å². The molecule has 0 aliphatic carbocycles. The van der Waals surface area contributed by atoms with Gasteiger partial charge in [-0.2, -0.15) is 0 Å². The molecule has 0 rings (SSSR count). The van der Waals surface area contributed by atoms with E-state index in [4.69, 9.17) is 15.9 Å². The van der Waals surface area contributed by atoms with Crippen molar-refractivity contribution >= 4 is 0 Å². The molecule has 8 heavy (non-hydrogen) atoms. The lowest BCUT2D eigenvalue weighted by Crippen LogP contribution is -2.34. The van der Waals surface area contributed by atoms with Crippen LogP contribution >= 0.6 is 0 Å². The van der Waals surface area contributed by atoms with Crippen molar-refractivity contribution in [2.75, 3.05) is 6.61 Å². The van der Waals surface area contributed by atoms with Crippen LogP contribution in [0.25, 0.3) is 0 Å². The third-order valence-corrected chi connectivity index (χ3v) is 0.904. The molecule has 0 aromatic rings. The molecule has 0 unspecified atom stereocenters. The minimum Gasteiger partial charge on any atom is -0.394 e. The second-order valence-electron chi connectivity index (χ2n) is 1.56. The van der Waals surface area contributed by atoms with Crippen molar-refractivity contribution in [1.29, 1.82) is 0 Å². The molecule has 0 aliphatic rings. The zero-order chi connectivity index (χ0) is 6.57. The van der Waals surface area contributed by atoms with E-state index in [1.807, 2.05) is 0 Å². The van der Waals surface area contributed by atoms with E-state index in [0.29, 0.717) is 0 Å². The maximum Gasteiger partial charge on any atom is 0.0956 e. The smallest absolute Gasteiger partial charge is 0.0956 e. The lowest BCUT2D eigenvalue weighted by atomic mass is 10.2. The van der Waals surface area contributed by atoms with E-state index in [0.717, 1.165) is 0 Å². The quantitative estimate of drug-likeness (QED) is 0.409. The molecule has 0 radical (unpaired) electrons. The van der Waals surface area contributed by atoms with E-state index in [2.05, 4.69) is 6.58 Å². The molecule has 0 bridgehead atoms. The van der Waals surface area contributed by atoms with Gasteiger partial charge >= 0.3 is 0 Å². The van der Waals surface area contributed by atoms with Crippen molar-refractivity contribution in [3.63, 3.8) is 0 Å². The molecule has 48 valence electrons. The van der Waals surface area contributed by atoms with Crippen LogP contribution < -0.4 is 5.73 Å². The fourth-order valence-corrected chi connectivity index (χ4v) is 0.279. The van der Waals surface area contributed by atoms with Crippen molar-refractivity contribution in [3.05, 3.63) is 12.7 Å². The number of hydrogen-bond donors (Lipinski definition) is 3. The van der Waals surface area contributed by atoms with Gasteiger partial charge in [0, 0.05) is 0 Å². The highest BCUT2D eigenvalue weighted by Crippen LogP contribution is 1.87. The summed E-state index contributed by atoms with van der Waals surface area (Å²) in [4.78, 5) is 0. The lowest BCUT2D eigenvalue weighted by molar-refractivity contribution is 0.0856. The number of rotatable bonds is 3. The van der Waals surface area contributed by atoms with Gasteiger partial charge in [0.1, 0.15) is 0 Å². The van der Waals surface area contributed by atoms with Crippen LogP contribution in [0.2, 0.25) is 0 Å². The zero-order valence-electron chi connectivity index (χ0n) is 4.62. The monoisotopic (exact) mass is 117 g/mol. The van der Waals surface area contributed by atoms with E-state index in [1.165, 1.54) is 6.08 Å². The van der Waals surface area contributed by atoms with Crippen molar-refractivity contribution in [2.24, 2.45) is 5.73 Å². The Balaban J connectivity index is 3.44. The molecule has 0 saturated carbocycles. The minimum atomic E-state index is -0.868. The SMILES string of the molecule is C=C[C@@H](N)[C@@H](O)CO. The molecule has 0 amide bonds. The van der Waals surface area contributed by atoms with Crippen LogP contribution in [0.5, 0.6) is 0 Å². The second-order valence-corrected chi connectivity index (χ2v) is 1.56. The molecular formula is C5H11NO2. The van der Waals surface area contributed by atoms with Gasteiger partial charge < -0.3 is 15.9 Å². The topological polar surface area (TPSA) is 66.5 Å². The largest absolute Gasteiger partial charge is 0.394 e. The summed E-state index contributed by atoms with van der Waals surface area (Å²) in [6.45, 7) is 3.02. The number of hydrogen-bond acceptors (Lipinski definition) is 3. The third-order valence-electron chi connectivity index (χ3n) is 0.904. The van der Waals surface area contributed by atoms with Crippen molar-refractivity contribution in [3.8, 4) is 0 Å². The first kappa shape index (κ1) is 7.62. The summed E-state index contributed by atoms with van der Waals surface area (Å²) in [7, 11) is 0. The molecule has 3 heteroatoms. The number of aliphatic hydroxyl groups excluding tert-OH is 2. The van der Waals surface area contributed by atoms with Crippen LogP contribution in [0.1, 0.15) is 0 Å². The highest BCUT2D eigenvalue weighted by atomic mass is 16.3. The third kappa shape index (κ3) is 2.07. The van der Waals surface area contributed by atoms with Gasteiger partial charge in [-0.3, -0.25) is 0 Å². The Morgan fingerprint density at radius 2 is 2.25 bits per heavy atom. The van der Waals surface area contributed by atoms with Crippen LogP contribution in [-0.2, 0) is 0 Å². The van der Waals surface area contributed by atoms with E-state index < -0.39 is 12.1 Å². The number of aliphatic hydroxyl groups is 2. The molecule has 0 saturated heterocycles. The Bertz CT molecular complexity index is 74.8. The zero-order valence-corrected chi connectivity index (χ0v) is 4.62.